The fraction of sp³-hybridized carbons (Fsp3) is 1.00. The van der Waals surface area contributed by atoms with E-state index in [1.54, 1.807) is 0 Å². The molecular weight excluding hydrogens is 172 g/mol. The normalized spacial score (nSPS) is 24.2. The zero-order valence-electron chi connectivity index (χ0n) is 9.41. The van der Waals surface area contributed by atoms with E-state index < -0.39 is 0 Å². The quantitative estimate of drug-likeness (QED) is 0.674. The van der Waals surface area contributed by atoms with Crippen LogP contribution in [0, 0.1) is 5.92 Å². The van der Waals surface area contributed by atoms with Gasteiger partial charge in [0.15, 0.2) is 0 Å². The number of nitrogens with two attached hydrogens (primary N) is 1. The minimum absolute atomic E-state index is 0.386. The third kappa shape index (κ3) is 3.58. The van der Waals surface area contributed by atoms with Crippen LogP contribution in [0.15, 0.2) is 0 Å². The lowest BCUT2D eigenvalue weighted by Gasteiger charge is -2.22. The van der Waals surface area contributed by atoms with Gasteiger partial charge in [0.2, 0.25) is 0 Å². The lowest BCUT2D eigenvalue weighted by Crippen LogP contribution is -2.30. The number of hydrogen-bond donors (Lipinski definition) is 1. The van der Waals surface area contributed by atoms with Crippen molar-refractivity contribution in [2.75, 3.05) is 13.1 Å². The summed E-state index contributed by atoms with van der Waals surface area (Å²) in [6.07, 6.45) is 8.34. The Hall–Kier alpha value is -0.0800. The lowest BCUT2D eigenvalue weighted by atomic mass is 10.2. The standard InChI is InChI=1S/C12H24N2/c1-10(13)3-2-8-14(12-6-7-12)9-11-4-5-11/h10-12H,2-9,13H2,1H3. The van der Waals surface area contributed by atoms with E-state index in [4.69, 9.17) is 5.73 Å². The number of hydrogen-bond acceptors (Lipinski definition) is 2. The van der Waals surface area contributed by atoms with Crippen molar-refractivity contribution in [3.8, 4) is 0 Å². The summed E-state index contributed by atoms with van der Waals surface area (Å²) < 4.78 is 0. The van der Waals surface area contributed by atoms with Gasteiger partial charge in [-0.05, 0) is 57.9 Å². The molecule has 2 saturated carbocycles. The summed E-state index contributed by atoms with van der Waals surface area (Å²) in [5.41, 5.74) is 5.77. The Balaban J connectivity index is 1.62. The van der Waals surface area contributed by atoms with Crippen molar-refractivity contribution in [1.29, 1.82) is 0 Å². The smallest absolute Gasteiger partial charge is 0.00965 e. The molecule has 0 aromatic heterocycles. The highest BCUT2D eigenvalue weighted by Gasteiger charge is 2.32. The van der Waals surface area contributed by atoms with Crippen LogP contribution in [0.5, 0.6) is 0 Å². The fourth-order valence-corrected chi connectivity index (χ4v) is 2.11. The van der Waals surface area contributed by atoms with Crippen LogP contribution in [0.25, 0.3) is 0 Å². The molecule has 0 aromatic rings. The number of rotatable bonds is 7. The van der Waals surface area contributed by atoms with E-state index in [2.05, 4.69) is 11.8 Å². The summed E-state index contributed by atoms with van der Waals surface area (Å²) in [6, 6.07) is 1.33. The summed E-state index contributed by atoms with van der Waals surface area (Å²) in [7, 11) is 0. The van der Waals surface area contributed by atoms with Gasteiger partial charge in [0.05, 0.1) is 0 Å². The summed E-state index contributed by atoms with van der Waals surface area (Å²) in [6.45, 7) is 4.79. The van der Waals surface area contributed by atoms with Crippen LogP contribution in [0.4, 0.5) is 0 Å². The van der Waals surface area contributed by atoms with Crippen LogP contribution in [0.2, 0.25) is 0 Å². The second-order valence-electron chi connectivity index (χ2n) is 5.29. The molecule has 82 valence electrons. The average Bonchev–Trinajstić information content (AvgIpc) is 2.98. The Kier molecular flexibility index (Phi) is 3.45. The molecule has 2 N–H and O–H groups in total. The average molecular weight is 196 g/mol. The van der Waals surface area contributed by atoms with Gasteiger partial charge in [-0.1, -0.05) is 0 Å². The Labute approximate surface area is 87.8 Å². The van der Waals surface area contributed by atoms with Crippen molar-refractivity contribution in [2.24, 2.45) is 11.7 Å². The van der Waals surface area contributed by atoms with Crippen LogP contribution in [0.1, 0.15) is 45.4 Å². The van der Waals surface area contributed by atoms with Crippen molar-refractivity contribution >= 4 is 0 Å². The first-order valence-corrected chi connectivity index (χ1v) is 6.25. The minimum Gasteiger partial charge on any atom is -0.328 e. The van der Waals surface area contributed by atoms with Gasteiger partial charge in [0.1, 0.15) is 0 Å². The third-order valence-corrected chi connectivity index (χ3v) is 3.36. The first kappa shape index (κ1) is 10.4. The van der Waals surface area contributed by atoms with E-state index >= 15 is 0 Å². The van der Waals surface area contributed by atoms with E-state index in [9.17, 15) is 0 Å². The highest BCUT2D eigenvalue weighted by atomic mass is 15.2. The zero-order valence-corrected chi connectivity index (χ0v) is 9.41. The van der Waals surface area contributed by atoms with Crippen LogP contribution in [-0.4, -0.2) is 30.1 Å². The van der Waals surface area contributed by atoms with Crippen molar-refractivity contribution in [2.45, 2.75) is 57.5 Å². The van der Waals surface area contributed by atoms with Gasteiger partial charge in [0, 0.05) is 18.6 Å². The second kappa shape index (κ2) is 4.63. The van der Waals surface area contributed by atoms with Gasteiger partial charge in [-0.25, -0.2) is 0 Å². The van der Waals surface area contributed by atoms with E-state index in [0.717, 1.165) is 12.0 Å². The number of nitrogens with zero attached hydrogens (tertiary/aromatic N) is 1. The van der Waals surface area contributed by atoms with Crippen LogP contribution in [-0.2, 0) is 0 Å². The fourth-order valence-electron chi connectivity index (χ4n) is 2.11. The van der Waals surface area contributed by atoms with Crippen molar-refractivity contribution < 1.29 is 0 Å². The third-order valence-electron chi connectivity index (χ3n) is 3.36. The Morgan fingerprint density at radius 3 is 2.50 bits per heavy atom. The maximum atomic E-state index is 5.77. The molecule has 2 aliphatic rings. The van der Waals surface area contributed by atoms with Gasteiger partial charge in [-0.3, -0.25) is 0 Å². The van der Waals surface area contributed by atoms with Gasteiger partial charge < -0.3 is 10.6 Å². The van der Waals surface area contributed by atoms with E-state index in [-0.39, 0.29) is 0 Å². The molecule has 0 heterocycles. The summed E-state index contributed by atoms with van der Waals surface area (Å²) in [5, 5.41) is 0. The molecule has 0 saturated heterocycles. The van der Waals surface area contributed by atoms with Crippen LogP contribution >= 0.6 is 0 Å². The Morgan fingerprint density at radius 1 is 1.29 bits per heavy atom. The summed E-state index contributed by atoms with van der Waals surface area (Å²) in [4.78, 5) is 2.72. The van der Waals surface area contributed by atoms with Gasteiger partial charge in [0.25, 0.3) is 0 Å². The minimum atomic E-state index is 0.386. The van der Waals surface area contributed by atoms with Crippen LogP contribution in [0.3, 0.4) is 0 Å². The molecular formula is C12H24N2. The highest BCUT2D eigenvalue weighted by molar-refractivity contribution is 4.88. The molecule has 0 radical (unpaired) electrons. The van der Waals surface area contributed by atoms with Gasteiger partial charge in [-0.2, -0.15) is 0 Å². The van der Waals surface area contributed by atoms with Gasteiger partial charge in [-0.15, -0.1) is 0 Å². The van der Waals surface area contributed by atoms with E-state index in [1.165, 1.54) is 51.6 Å². The first-order valence-electron chi connectivity index (χ1n) is 6.25. The van der Waals surface area contributed by atoms with E-state index in [1.807, 2.05) is 0 Å². The molecule has 0 spiro atoms. The summed E-state index contributed by atoms with van der Waals surface area (Å²) >= 11 is 0. The maximum Gasteiger partial charge on any atom is 0.00965 e. The molecule has 2 rings (SSSR count). The molecule has 1 atom stereocenters. The molecule has 2 fully saturated rings. The summed E-state index contributed by atoms with van der Waals surface area (Å²) in [5.74, 6) is 1.05. The van der Waals surface area contributed by atoms with Crippen molar-refractivity contribution in [3.05, 3.63) is 0 Å². The maximum absolute atomic E-state index is 5.77. The van der Waals surface area contributed by atoms with Gasteiger partial charge >= 0.3 is 0 Å². The molecule has 2 aliphatic carbocycles. The molecule has 0 aliphatic heterocycles. The molecule has 2 heteroatoms. The Morgan fingerprint density at radius 2 is 2.00 bits per heavy atom. The SMILES string of the molecule is CC(N)CCCN(CC1CC1)C1CC1. The molecule has 1 unspecified atom stereocenters. The molecule has 0 amide bonds. The Bertz CT molecular complexity index is 171. The molecule has 14 heavy (non-hydrogen) atoms. The lowest BCUT2D eigenvalue weighted by molar-refractivity contribution is 0.246. The largest absolute Gasteiger partial charge is 0.328 e. The zero-order chi connectivity index (χ0) is 9.97. The predicted octanol–water partition coefficient (Wildman–Crippen LogP) is 1.99. The van der Waals surface area contributed by atoms with Crippen molar-refractivity contribution in [3.63, 3.8) is 0 Å². The highest BCUT2D eigenvalue weighted by Crippen LogP contribution is 2.34. The molecule has 0 bridgehead atoms. The second-order valence-corrected chi connectivity index (χ2v) is 5.29. The first-order chi connectivity index (χ1) is 6.75. The van der Waals surface area contributed by atoms with Crippen molar-refractivity contribution in [1.82, 2.24) is 4.90 Å². The predicted molar refractivity (Wildman–Crippen MR) is 60.2 cm³/mol. The van der Waals surface area contributed by atoms with E-state index in [0.29, 0.717) is 6.04 Å². The van der Waals surface area contributed by atoms with Crippen LogP contribution < -0.4 is 5.73 Å². The molecule has 0 aromatic carbocycles. The monoisotopic (exact) mass is 196 g/mol. The topological polar surface area (TPSA) is 29.3 Å². The molecule has 2 nitrogen and oxygen atoms in total.